The molecule has 1 unspecified atom stereocenters. The molecule has 21 heavy (non-hydrogen) atoms. The second-order valence-electron chi connectivity index (χ2n) is 6.77. The van der Waals surface area contributed by atoms with Gasteiger partial charge in [0.1, 0.15) is 0 Å². The minimum Gasteiger partial charge on any atom is -0.339 e. The number of amides is 1. The van der Waals surface area contributed by atoms with Crippen LogP contribution in [0.1, 0.15) is 52.9 Å². The monoisotopic (exact) mass is 295 g/mol. The Morgan fingerprint density at radius 2 is 1.90 bits per heavy atom. The van der Waals surface area contributed by atoms with Crippen LogP contribution in [-0.2, 0) is 4.79 Å². The third-order valence-electron chi connectivity index (χ3n) is 5.06. The van der Waals surface area contributed by atoms with Crippen molar-refractivity contribution in [3.63, 3.8) is 0 Å². The summed E-state index contributed by atoms with van der Waals surface area (Å²) in [5.74, 6) is 1.12. The summed E-state index contributed by atoms with van der Waals surface area (Å²) in [7, 11) is 0. The van der Waals surface area contributed by atoms with Crippen LogP contribution in [0.15, 0.2) is 0 Å². The van der Waals surface area contributed by atoms with Gasteiger partial charge in [-0.2, -0.15) is 0 Å². The van der Waals surface area contributed by atoms with Gasteiger partial charge in [0.25, 0.3) is 0 Å². The largest absolute Gasteiger partial charge is 0.339 e. The van der Waals surface area contributed by atoms with Gasteiger partial charge in [-0.15, -0.1) is 0 Å². The van der Waals surface area contributed by atoms with Crippen LogP contribution in [-0.4, -0.2) is 60.5 Å². The number of nitrogens with zero attached hydrogens (tertiary/aromatic N) is 2. The number of likely N-dealkylation sites (tertiary alicyclic amines) is 1. The highest BCUT2D eigenvalue weighted by Crippen LogP contribution is 2.27. The molecule has 1 amide bonds. The molecule has 1 saturated carbocycles. The molecule has 1 heterocycles. The summed E-state index contributed by atoms with van der Waals surface area (Å²) in [6, 6.07) is 1.17. The lowest BCUT2D eigenvalue weighted by Crippen LogP contribution is -2.46. The fourth-order valence-corrected chi connectivity index (χ4v) is 3.46. The van der Waals surface area contributed by atoms with Gasteiger partial charge in [0.2, 0.25) is 5.91 Å². The molecule has 2 aliphatic rings. The van der Waals surface area contributed by atoms with Gasteiger partial charge in [0.05, 0.1) is 6.54 Å². The van der Waals surface area contributed by atoms with E-state index in [9.17, 15) is 4.79 Å². The summed E-state index contributed by atoms with van der Waals surface area (Å²) in [6.07, 6.45) is 6.07. The molecule has 1 saturated heterocycles. The van der Waals surface area contributed by atoms with Crippen LogP contribution in [0.3, 0.4) is 0 Å². The van der Waals surface area contributed by atoms with Gasteiger partial charge < -0.3 is 10.2 Å². The lowest BCUT2D eigenvalue weighted by Gasteiger charge is -2.35. The predicted molar refractivity (Wildman–Crippen MR) is 87.3 cm³/mol. The highest BCUT2D eigenvalue weighted by Gasteiger charge is 2.32. The lowest BCUT2D eigenvalue weighted by molar-refractivity contribution is -0.133. The molecule has 0 aromatic heterocycles. The molecule has 0 aromatic rings. The summed E-state index contributed by atoms with van der Waals surface area (Å²) < 4.78 is 0. The molecule has 1 N–H and O–H groups in total. The van der Waals surface area contributed by atoms with Crippen LogP contribution >= 0.6 is 0 Å². The van der Waals surface area contributed by atoms with E-state index in [0.29, 0.717) is 24.5 Å². The first-order chi connectivity index (χ1) is 10.2. The Morgan fingerprint density at radius 3 is 2.43 bits per heavy atom. The molecule has 0 bridgehead atoms. The van der Waals surface area contributed by atoms with Crippen molar-refractivity contribution < 1.29 is 4.79 Å². The summed E-state index contributed by atoms with van der Waals surface area (Å²) in [5.41, 5.74) is 0. The van der Waals surface area contributed by atoms with Crippen molar-refractivity contribution in [2.45, 2.75) is 65.0 Å². The average Bonchev–Trinajstić information content (AvgIpc) is 3.31. The summed E-state index contributed by atoms with van der Waals surface area (Å²) >= 11 is 0. The van der Waals surface area contributed by atoms with Crippen LogP contribution in [0.4, 0.5) is 0 Å². The molecule has 1 atom stereocenters. The normalized spacial score (nSPS) is 22.2. The van der Waals surface area contributed by atoms with Crippen molar-refractivity contribution in [2.75, 3.05) is 32.7 Å². The van der Waals surface area contributed by atoms with E-state index in [-0.39, 0.29) is 0 Å². The fourth-order valence-electron chi connectivity index (χ4n) is 3.46. The van der Waals surface area contributed by atoms with E-state index in [2.05, 4.69) is 35.9 Å². The van der Waals surface area contributed by atoms with Crippen LogP contribution < -0.4 is 5.32 Å². The topological polar surface area (TPSA) is 35.6 Å². The van der Waals surface area contributed by atoms with Crippen molar-refractivity contribution in [3.8, 4) is 0 Å². The van der Waals surface area contributed by atoms with E-state index < -0.39 is 0 Å². The van der Waals surface area contributed by atoms with Crippen LogP contribution in [0.2, 0.25) is 0 Å². The SMILES string of the molecule is CCCNC(C)C1CCN(CC(=O)N(CC)C2CC2)CC1. The van der Waals surface area contributed by atoms with Crippen LogP contribution in [0.5, 0.6) is 0 Å². The van der Waals surface area contributed by atoms with Gasteiger partial charge in [-0.1, -0.05) is 6.92 Å². The van der Waals surface area contributed by atoms with E-state index in [0.717, 1.165) is 32.1 Å². The van der Waals surface area contributed by atoms with Crippen molar-refractivity contribution in [2.24, 2.45) is 5.92 Å². The first-order valence-corrected chi connectivity index (χ1v) is 8.90. The number of hydrogen-bond donors (Lipinski definition) is 1. The lowest BCUT2D eigenvalue weighted by atomic mass is 9.90. The van der Waals surface area contributed by atoms with Crippen molar-refractivity contribution in [3.05, 3.63) is 0 Å². The number of carbonyl (C=O) groups excluding carboxylic acids is 1. The molecule has 2 rings (SSSR count). The number of carbonyl (C=O) groups is 1. The zero-order valence-corrected chi connectivity index (χ0v) is 14.1. The van der Waals surface area contributed by atoms with Crippen LogP contribution in [0.25, 0.3) is 0 Å². The highest BCUT2D eigenvalue weighted by atomic mass is 16.2. The molecule has 122 valence electrons. The molecule has 0 spiro atoms. The maximum absolute atomic E-state index is 12.4. The minimum atomic E-state index is 0.343. The molecule has 1 aliphatic heterocycles. The Bertz CT molecular complexity index is 322. The fraction of sp³-hybridized carbons (Fsp3) is 0.941. The van der Waals surface area contributed by atoms with Crippen molar-refractivity contribution in [1.82, 2.24) is 15.1 Å². The molecular formula is C17H33N3O. The standard InChI is InChI=1S/C17H33N3O/c1-4-10-18-14(3)15-8-11-19(12-9-15)13-17(21)20(5-2)16-6-7-16/h14-16,18H,4-13H2,1-3H3. The summed E-state index contributed by atoms with van der Waals surface area (Å²) in [5, 5.41) is 3.61. The Labute approximate surface area is 130 Å². The third kappa shape index (κ3) is 4.96. The molecular weight excluding hydrogens is 262 g/mol. The average molecular weight is 295 g/mol. The van der Waals surface area contributed by atoms with Gasteiger partial charge in [-0.05, 0) is 71.5 Å². The molecule has 0 radical (unpaired) electrons. The van der Waals surface area contributed by atoms with Gasteiger partial charge >= 0.3 is 0 Å². The smallest absolute Gasteiger partial charge is 0.236 e. The van der Waals surface area contributed by atoms with E-state index in [1.54, 1.807) is 0 Å². The quantitative estimate of drug-likeness (QED) is 0.745. The molecule has 0 aromatic carbocycles. The number of rotatable bonds is 8. The Hall–Kier alpha value is -0.610. The van der Waals surface area contributed by atoms with E-state index in [1.165, 1.54) is 32.1 Å². The number of nitrogens with one attached hydrogen (secondary N) is 1. The van der Waals surface area contributed by atoms with Gasteiger partial charge in [0, 0.05) is 18.6 Å². The van der Waals surface area contributed by atoms with Gasteiger partial charge in [0.15, 0.2) is 0 Å². The Balaban J connectivity index is 1.69. The first kappa shape index (κ1) is 16.8. The van der Waals surface area contributed by atoms with Gasteiger partial charge in [-0.25, -0.2) is 0 Å². The first-order valence-electron chi connectivity index (χ1n) is 8.90. The summed E-state index contributed by atoms with van der Waals surface area (Å²) in [4.78, 5) is 16.8. The predicted octanol–water partition coefficient (Wildman–Crippen LogP) is 2.10. The number of hydrogen-bond acceptors (Lipinski definition) is 3. The minimum absolute atomic E-state index is 0.343. The highest BCUT2D eigenvalue weighted by molar-refractivity contribution is 5.78. The molecule has 4 heteroatoms. The van der Waals surface area contributed by atoms with E-state index in [1.807, 2.05) is 0 Å². The number of likely N-dealkylation sites (N-methyl/N-ethyl adjacent to an activating group) is 1. The van der Waals surface area contributed by atoms with Crippen molar-refractivity contribution >= 4 is 5.91 Å². The van der Waals surface area contributed by atoms with Crippen LogP contribution in [0, 0.1) is 5.92 Å². The second kappa shape index (κ2) is 8.14. The Kier molecular flexibility index (Phi) is 6.49. The van der Waals surface area contributed by atoms with Gasteiger partial charge in [-0.3, -0.25) is 9.69 Å². The maximum Gasteiger partial charge on any atom is 0.236 e. The zero-order chi connectivity index (χ0) is 15.2. The van der Waals surface area contributed by atoms with E-state index in [4.69, 9.17) is 0 Å². The maximum atomic E-state index is 12.4. The zero-order valence-electron chi connectivity index (χ0n) is 14.1. The van der Waals surface area contributed by atoms with Crippen molar-refractivity contribution in [1.29, 1.82) is 0 Å². The summed E-state index contributed by atoms with van der Waals surface area (Å²) in [6.45, 7) is 11.4. The van der Waals surface area contributed by atoms with E-state index >= 15 is 0 Å². The third-order valence-corrected chi connectivity index (χ3v) is 5.06. The second-order valence-corrected chi connectivity index (χ2v) is 6.77. The molecule has 2 fully saturated rings. The number of piperidine rings is 1. The molecule has 1 aliphatic carbocycles. The Morgan fingerprint density at radius 1 is 1.24 bits per heavy atom. The molecule has 4 nitrogen and oxygen atoms in total.